The Hall–Kier alpha value is -4.85. The Balaban J connectivity index is 1.54. The van der Waals surface area contributed by atoms with E-state index in [9.17, 15) is 19.1 Å². The summed E-state index contributed by atoms with van der Waals surface area (Å²) in [5.74, 6) is -2.35. The van der Waals surface area contributed by atoms with E-state index in [0.29, 0.717) is 22.6 Å². The lowest BCUT2D eigenvalue weighted by molar-refractivity contribution is -0.111. The number of ether oxygens (including phenoxy) is 1. The molecular weight excluding hydrogens is 473 g/mol. The fourth-order valence-corrected chi connectivity index (χ4v) is 3.89. The van der Waals surface area contributed by atoms with Crippen molar-refractivity contribution in [1.29, 1.82) is 0 Å². The molecule has 4 aromatic carbocycles. The molecule has 0 aromatic heterocycles. The molecule has 0 spiro atoms. The molecule has 0 fully saturated rings. The van der Waals surface area contributed by atoms with Gasteiger partial charge in [0.25, 0.3) is 0 Å². The molecule has 188 valence electrons. The maximum Gasteiger partial charge on any atom is 0.412 e. The summed E-state index contributed by atoms with van der Waals surface area (Å²) in [7, 11) is 0. The zero-order chi connectivity index (χ0) is 26.4. The van der Waals surface area contributed by atoms with Crippen LogP contribution in [-0.4, -0.2) is 17.1 Å². The Kier molecular flexibility index (Phi) is 7.68. The highest BCUT2D eigenvalue weighted by molar-refractivity contribution is 6.01. The molecule has 2 amide bonds. The molecule has 0 bridgehead atoms. The van der Waals surface area contributed by atoms with Crippen molar-refractivity contribution in [3.8, 4) is 5.75 Å². The van der Waals surface area contributed by atoms with Crippen molar-refractivity contribution in [3.63, 3.8) is 0 Å². The summed E-state index contributed by atoms with van der Waals surface area (Å²) in [4.78, 5) is 25.4. The van der Waals surface area contributed by atoms with Crippen molar-refractivity contribution in [2.24, 2.45) is 5.92 Å². The SMILES string of the molecule is C[C@@H](/C=C/C(=O)Nc1ccccc1N)[C@H](OC(=O)Nc1cccc2ccccc12)c1ccc(O)c(F)c1. The number of aromatic hydroxyl groups is 1. The van der Waals surface area contributed by atoms with Crippen LogP contribution in [-0.2, 0) is 9.53 Å². The van der Waals surface area contributed by atoms with Crippen LogP contribution < -0.4 is 16.4 Å². The van der Waals surface area contributed by atoms with E-state index in [1.807, 2.05) is 36.4 Å². The number of carbonyl (C=O) groups is 2. The Labute approximate surface area is 213 Å². The predicted molar refractivity (Wildman–Crippen MR) is 143 cm³/mol. The van der Waals surface area contributed by atoms with E-state index < -0.39 is 35.6 Å². The molecule has 0 unspecified atom stereocenters. The Morgan fingerprint density at radius 3 is 2.43 bits per heavy atom. The van der Waals surface area contributed by atoms with Crippen LogP contribution in [0.3, 0.4) is 0 Å². The van der Waals surface area contributed by atoms with Crippen molar-refractivity contribution < 1.29 is 23.8 Å². The lowest BCUT2D eigenvalue weighted by Gasteiger charge is -2.23. The van der Waals surface area contributed by atoms with Crippen LogP contribution in [0.1, 0.15) is 18.6 Å². The number of anilines is 3. The van der Waals surface area contributed by atoms with Crippen LogP contribution in [0.4, 0.5) is 26.2 Å². The molecule has 4 aromatic rings. The summed E-state index contributed by atoms with van der Waals surface area (Å²) in [5.41, 5.74) is 7.62. The number of nitrogens with two attached hydrogens (primary N) is 1. The van der Waals surface area contributed by atoms with Crippen molar-refractivity contribution in [1.82, 2.24) is 0 Å². The number of hydrogen-bond donors (Lipinski definition) is 4. The smallest absolute Gasteiger partial charge is 0.412 e. The third-order valence-corrected chi connectivity index (χ3v) is 5.81. The van der Waals surface area contributed by atoms with Crippen LogP contribution in [0.25, 0.3) is 10.8 Å². The maximum absolute atomic E-state index is 14.2. The number of halogens is 1. The summed E-state index contributed by atoms with van der Waals surface area (Å²) in [6, 6.07) is 23.6. The van der Waals surface area contributed by atoms with Gasteiger partial charge in [0.2, 0.25) is 5.91 Å². The normalized spacial score (nSPS) is 12.7. The van der Waals surface area contributed by atoms with Crippen LogP contribution in [0.5, 0.6) is 5.75 Å². The molecule has 5 N–H and O–H groups in total. The number of phenolic OH excluding ortho intramolecular Hbond substituents is 1. The van der Waals surface area contributed by atoms with Gasteiger partial charge in [-0.05, 0) is 47.4 Å². The van der Waals surface area contributed by atoms with Crippen LogP contribution in [0.15, 0.2) is 97.1 Å². The number of nitrogen functional groups attached to an aromatic ring is 1. The molecular formula is C29H26FN3O4. The summed E-state index contributed by atoms with van der Waals surface area (Å²) in [6.45, 7) is 1.72. The van der Waals surface area contributed by atoms with E-state index in [4.69, 9.17) is 10.5 Å². The van der Waals surface area contributed by atoms with Crippen molar-refractivity contribution in [3.05, 3.63) is 108 Å². The van der Waals surface area contributed by atoms with Gasteiger partial charge in [-0.3, -0.25) is 10.1 Å². The molecule has 0 aliphatic heterocycles. The number of benzene rings is 4. The molecule has 0 radical (unpaired) electrons. The van der Waals surface area contributed by atoms with E-state index >= 15 is 0 Å². The number of rotatable bonds is 7. The molecule has 37 heavy (non-hydrogen) atoms. The Bertz CT molecular complexity index is 1470. The zero-order valence-corrected chi connectivity index (χ0v) is 20.0. The van der Waals surface area contributed by atoms with Gasteiger partial charge in [0.1, 0.15) is 6.10 Å². The number of hydrogen-bond acceptors (Lipinski definition) is 5. The van der Waals surface area contributed by atoms with Crippen molar-refractivity contribution in [2.75, 3.05) is 16.4 Å². The third-order valence-electron chi connectivity index (χ3n) is 5.81. The topological polar surface area (TPSA) is 114 Å². The standard InChI is InChI=1S/C29H26FN3O4/c1-18(13-16-27(35)32-25-11-5-4-10-23(25)31)28(20-14-15-26(34)22(30)17-20)37-29(36)33-24-12-6-8-19-7-2-3-9-21(19)24/h2-18,28,34H,31H2,1H3,(H,32,35)(H,33,36)/b16-13+/t18-,28-/m0/s1. The Morgan fingerprint density at radius 2 is 1.65 bits per heavy atom. The monoisotopic (exact) mass is 499 g/mol. The minimum absolute atomic E-state index is 0.313. The molecule has 8 heteroatoms. The van der Waals surface area contributed by atoms with E-state index in [0.717, 1.165) is 16.8 Å². The van der Waals surface area contributed by atoms with Crippen LogP contribution >= 0.6 is 0 Å². The summed E-state index contributed by atoms with van der Waals surface area (Å²) in [5, 5.41) is 16.8. The molecule has 0 heterocycles. The fraction of sp³-hybridized carbons (Fsp3) is 0.103. The molecule has 7 nitrogen and oxygen atoms in total. The van der Waals surface area contributed by atoms with Gasteiger partial charge in [0.15, 0.2) is 11.6 Å². The molecule has 0 saturated carbocycles. The number of amides is 2. The second-order valence-electron chi connectivity index (χ2n) is 8.48. The quantitative estimate of drug-likeness (QED) is 0.174. The highest BCUT2D eigenvalue weighted by Crippen LogP contribution is 2.31. The van der Waals surface area contributed by atoms with Gasteiger partial charge in [-0.2, -0.15) is 0 Å². The Morgan fingerprint density at radius 1 is 0.946 bits per heavy atom. The van der Waals surface area contributed by atoms with Crippen molar-refractivity contribution in [2.45, 2.75) is 13.0 Å². The van der Waals surface area contributed by atoms with Crippen LogP contribution in [0, 0.1) is 11.7 Å². The predicted octanol–water partition coefficient (Wildman–Crippen LogP) is 6.39. The largest absolute Gasteiger partial charge is 0.505 e. The van der Waals surface area contributed by atoms with Gasteiger partial charge in [-0.25, -0.2) is 9.18 Å². The van der Waals surface area contributed by atoms with Crippen LogP contribution in [0.2, 0.25) is 0 Å². The lowest BCUT2D eigenvalue weighted by atomic mass is 9.96. The van der Waals surface area contributed by atoms with Gasteiger partial charge >= 0.3 is 6.09 Å². The van der Waals surface area contributed by atoms with E-state index in [1.54, 1.807) is 43.3 Å². The number of carbonyl (C=O) groups excluding carboxylic acids is 2. The first kappa shape index (κ1) is 25.2. The highest BCUT2D eigenvalue weighted by atomic mass is 19.1. The zero-order valence-electron chi connectivity index (χ0n) is 20.0. The number of phenols is 1. The molecule has 2 atom stereocenters. The molecule has 0 aliphatic rings. The fourth-order valence-electron chi connectivity index (χ4n) is 3.89. The van der Waals surface area contributed by atoms with E-state index in [2.05, 4.69) is 10.6 Å². The second kappa shape index (κ2) is 11.3. The minimum Gasteiger partial charge on any atom is -0.505 e. The van der Waals surface area contributed by atoms with Gasteiger partial charge in [0, 0.05) is 11.3 Å². The van der Waals surface area contributed by atoms with Gasteiger partial charge in [-0.1, -0.05) is 67.6 Å². The maximum atomic E-state index is 14.2. The van der Waals surface area contributed by atoms with Gasteiger partial charge < -0.3 is 20.9 Å². The first-order valence-corrected chi connectivity index (χ1v) is 11.6. The van der Waals surface area contributed by atoms with E-state index in [-0.39, 0.29) is 0 Å². The second-order valence-corrected chi connectivity index (χ2v) is 8.48. The minimum atomic E-state index is -0.962. The average molecular weight is 500 g/mol. The molecule has 0 aliphatic carbocycles. The van der Waals surface area contributed by atoms with E-state index in [1.165, 1.54) is 18.2 Å². The average Bonchev–Trinajstić information content (AvgIpc) is 2.89. The number of para-hydroxylation sites is 2. The van der Waals surface area contributed by atoms with Gasteiger partial charge in [0.05, 0.1) is 17.1 Å². The number of fused-ring (bicyclic) bond motifs is 1. The summed E-state index contributed by atoms with van der Waals surface area (Å²) in [6.07, 6.45) is 1.13. The first-order chi connectivity index (χ1) is 17.8. The molecule has 4 rings (SSSR count). The first-order valence-electron chi connectivity index (χ1n) is 11.6. The third kappa shape index (κ3) is 6.24. The number of nitrogens with one attached hydrogen (secondary N) is 2. The lowest BCUT2D eigenvalue weighted by Crippen LogP contribution is -2.22. The highest BCUT2D eigenvalue weighted by Gasteiger charge is 2.24. The summed E-state index contributed by atoms with van der Waals surface area (Å²) >= 11 is 0. The van der Waals surface area contributed by atoms with Gasteiger partial charge in [-0.15, -0.1) is 0 Å². The van der Waals surface area contributed by atoms with Crippen molar-refractivity contribution >= 4 is 39.8 Å². The molecule has 0 saturated heterocycles. The summed E-state index contributed by atoms with van der Waals surface area (Å²) < 4.78 is 19.9.